The predicted octanol–water partition coefficient (Wildman–Crippen LogP) is 13.0. The number of rotatable bonds is 27. The quantitative estimate of drug-likeness (QED) is 0.0369. The molecule has 10 aromatic carbocycles. The molecule has 16 aromatic rings. The normalized spacial score (nSPS) is 11.7. The number of aliphatic hydroxyl groups is 1. The third-order valence-corrected chi connectivity index (χ3v) is 19.8. The second-order valence-electron chi connectivity index (χ2n) is 28.2. The summed E-state index contributed by atoms with van der Waals surface area (Å²) in [4.78, 5) is 20.9. The minimum atomic E-state index is -0.253. The number of nitrogens with zero attached hydrogens (tertiary/aromatic N) is 31. The Morgan fingerprint density at radius 1 is 0.323 bits per heavy atom. The summed E-state index contributed by atoms with van der Waals surface area (Å²) in [5, 5.41) is 143. The molecule has 0 aliphatic rings. The van der Waals surface area contributed by atoms with Crippen LogP contribution in [0.25, 0.3) is 0 Å². The molecule has 16 rings (SSSR count). The van der Waals surface area contributed by atoms with Crippen molar-refractivity contribution in [3.8, 4) is 42.5 Å². The van der Waals surface area contributed by atoms with Gasteiger partial charge < -0.3 is 9.84 Å². The molecule has 0 fully saturated rings. The van der Waals surface area contributed by atoms with E-state index in [1.54, 1.807) is 86.8 Å². The Kier molecular flexibility index (Phi) is 34.2. The second kappa shape index (κ2) is 48.1. The number of aliphatic hydroxyl groups excluding tert-OH is 1. The monoisotopic (exact) mass is 1680 g/mol. The van der Waals surface area contributed by atoms with Crippen LogP contribution in [-0.2, 0) is 29.0 Å². The van der Waals surface area contributed by atoms with Crippen LogP contribution in [-0.4, -0.2) is 139 Å². The molecule has 0 spiro atoms. The third-order valence-electron chi connectivity index (χ3n) is 19.8. The second-order valence-corrected chi connectivity index (χ2v) is 28.2. The van der Waals surface area contributed by atoms with Gasteiger partial charge in [0.05, 0.1) is 107 Å². The zero-order valence-electron chi connectivity index (χ0n) is 69.3. The molecule has 34 nitrogen and oxygen atoms in total. The topological polar surface area (TPSA) is 475 Å². The molecule has 127 heavy (non-hydrogen) atoms. The van der Waals surface area contributed by atoms with E-state index < -0.39 is 0 Å². The average molecular weight is 1680 g/mol. The maximum absolute atomic E-state index is 11.5. The van der Waals surface area contributed by atoms with Crippen molar-refractivity contribution in [1.82, 2.24) is 121 Å². The molecule has 0 bridgehead atoms. The first-order valence-corrected chi connectivity index (χ1v) is 40.1. The largest absolute Gasteiger partial charge is 0.466 e. The Balaban J connectivity index is 0.000000148. The number of aryl methyl sites for hydroxylation is 1. The van der Waals surface area contributed by atoms with E-state index in [-0.39, 0.29) is 55.2 Å². The highest BCUT2D eigenvalue weighted by Crippen LogP contribution is 2.31. The van der Waals surface area contributed by atoms with Gasteiger partial charge >= 0.3 is 5.97 Å². The van der Waals surface area contributed by atoms with Crippen LogP contribution in [0.2, 0.25) is 0 Å². The fraction of sp³-hybridized carbons (Fsp3) is 0.204. The predicted molar refractivity (Wildman–Crippen MR) is 459 cm³/mol. The number of aromatic nitrogens is 24. The van der Waals surface area contributed by atoms with E-state index in [0.29, 0.717) is 58.4 Å². The number of esters is 1. The van der Waals surface area contributed by atoms with Crippen LogP contribution >= 0.6 is 0 Å². The van der Waals surface area contributed by atoms with Gasteiger partial charge in [0.2, 0.25) is 0 Å². The van der Waals surface area contributed by atoms with E-state index in [4.69, 9.17) is 46.7 Å². The van der Waals surface area contributed by atoms with Crippen molar-refractivity contribution < 1.29 is 14.6 Å². The summed E-state index contributed by atoms with van der Waals surface area (Å²) in [5.41, 5.74) is 16.7. The minimum Gasteiger partial charge on any atom is -0.466 e. The Hall–Kier alpha value is -17.5. The summed E-state index contributed by atoms with van der Waals surface area (Å²) in [6.07, 6.45) is 15.1. The molecule has 0 aliphatic heterocycles. The molecule has 6 aromatic heterocycles. The van der Waals surface area contributed by atoms with Crippen LogP contribution in [0.1, 0.15) is 194 Å². The summed E-state index contributed by atoms with van der Waals surface area (Å²) in [7, 11) is 0. The fourth-order valence-corrected chi connectivity index (χ4v) is 13.3. The van der Waals surface area contributed by atoms with Crippen LogP contribution in [0.4, 0.5) is 0 Å². The van der Waals surface area contributed by atoms with E-state index in [1.165, 1.54) is 71.5 Å². The smallest absolute Gasteiger partial charge is 0.305 e. The molecule has 0 aliphatic carbocycles. The molecule has 6 heterocycles. The van der Waals surface area contributed by atoms with Gasteiger partial charge in [-0.1, -0.05) is 196 Å². The van der Waals surface area contributed by atoms with Crippen LogP contribution < -0.4 is 0 Å². The number of benzene rings is 10. The lowest BCUT2D eigenvalue weighted by Crippen LogP contribution is -2.16. The minimum absolute atomic E-state index is 0.00336. The van der Waals surface area contributed by atoms with Crippen LogP contribution in [0.15, 0.2) is 287 Å². The van der Waals surface area contributed by atoms with E-state index >= 15 is 0 Å². The zero-order valence-corrected chi connectivity index (χ0v) is 69.3. The summed E-state index contributed by atoms with van der Waals surface area (Å²) in [6, 6.07) is 91.8. The van der Waals surface area contributed by atoms with E-state index in [9.17, 15) is 4.79 Å². The van der Waals surface area contributed by atoms with Gasteiger partial charge in [0.25, 0.3) is 0 Å². The number of carbonyl (C=O) groups is 1. The first-order chi connectivity index (χ1) is 62.3. The van der Waals surface area contributed by atoms with Crippen molar-refractivity contribution in [2.45, 2.75) is 115 Å². The van der Waals surface area contributed by atoms with Crippen molar-refractivity contribution >= 4 is 5.97 Å². The van der Waals surface area contributed by atoms with Gasteiger partial charge in [0, 0.05) is 19.3 Å². The van der Waals surface area contributed by atoms with Crippen molar-refractivity contribution in [1.29, 1.82) is 36.8 Å². The number of hydrogen-bond acceptors (Lipinski definition) is 28. The van der Waals surface area contributed by atoms with E-state index in [2.05, 4.69) is 178 Å². The fourth-order valence-electron chi connectivity index (χ4n) is 13.3. The molecule has 6 atom stereocenters. The van der Waals surface area contributed by atoms with Crippen LogP contribution in [0.3, 0.4) is 0 Å². The molecule has 0 radical (unpaired) electrons. The van der Waals surface area contributed by atoms with Crippen LogP contribution in [0.5, 0.6) is 0 Å². The van der Waals surface area contributed by atoms with Gasteiger partial charge in [-0.25, -0.2) is 0 Å². The zero-order chi connectivity index (χ0) is 89.2. The number of unbranched alkanes of at least 4 members (excludes halogenated alkanes) is 2. The van der Waals surface area contributed by atoms with Crippen molar-refractivity contribution in [3.63, 3.8) is 0 Å². The number of nitriles is 7. The Labute approximate surface area is 731 Å². The molecule has 34 heteroatoms. The van der Waals surface area contributed by atoms with E-state index in [0.717, 1.165) is 74.9 Å². The summed E-state index contributed by atoms with van der Waals surface area (Å²) in [5.74, 6) is -0.253. The van der Waals surface area contributed by atoms with Gasteiger partial charge in [0.1, 0.15) is 24.2 Å². The molecule has 0 saturated heterocycles. The van der Waals surface area contributed by atoms with Gasteiger partial charge in [-0.2, -0.15) is 65.6 Å². The third kappa shape index (κ3) is 26.5. The summed E-state index contributed by atoms with van der Waals surface area (Å²) < 4.78 is 4.93. The molecule has 1 N–H and O–H groups in total. The maximum atomic E-state index is 11.5. The van der Waals surface area contributed by atoms with Crippen LogP contribution in [0, 0.1) is 86.2 Å². The number of carbonyl (C=O) groups excluding carboxylic acids is 1. The lowest BCUT2D eigenvalue weighted by molar-refractivity contribution is -0.143. The summed E-state index contributed by atoms with van der Waals surface area (Å²) >= 11 is 0. The Bertz CT molecular complexity index is 6250. The number of tetrazole rings is 6. The maximum Gasteiger partial charge on any atom is 0.305 e. The average Bonchev–Trinajstić information content (AvgIpc) is 1.80. The number of hydrogen-bond donors (Lipinski definition) is 1. The summed E-state index contributed by atoms with van der Waals surface area (Å²) in [6.45, 7) is 6.37. The first kappa shape index (κ1) is 90.2. The molecular formula is C93H83N31O3. The van der Waals surface area contributed by atoms with Gasteiger partial charge in [-0.05, 0) is 204 Å². The molecule has 0 amide bonds. The van der Waals surface area contributed by atoms with Crippen molar-refractivity contribution in [3.05, 3.63) is 392 Å². The molecule has 628 valence electrons. The number of ether oxygens (including phenoxy) is 1. The van der Waals surface area contributed by atoms with Crippen molar-refractivity contribution in [2.75, 3.05) is 6.61 Å². The lowest BCUT2D eigenvalue weighted by atomic mass is 9.97. The van der Waals surface area contributed by atoms with E-state index in [1.807, 2.05) is 159 Å². The highest BCUT2D eigenvalue weighted by atomic mass is 16.5. The standard InChI is InChI=1S/C17H12N6.C16H13N5O.2C16H13N5.C14H15N5O2.C14H17N5/c18-10-14-3-1-13(2-4-14)9-17(23-21-12-20-22-23)16-7-5-15(11-19)6-8-16;17-9-12-1-5-14(6-2-12)16(21-19-11-18-20-21)15-7-3-13(10-22)4-8-15;1-12-2-6-14(7-3-12)16(21-19-11-18-20-21)15-8-4-13(10-17)5-9-15;17-11-14-6-8-15(9-7-14)16(21-19-12-18-20-21)10-13-4-2-1-3-5-13;1-2-21-14(20)8-7-13(19-17-10-16-18-19)12-5-3-11(9-15)4-6-12;1-2-3-4-5-14(19-17-11-16-18-19)13-8-6-12(10-15)7-9-13/h1-8,12,17H,9H2;1-8,11,16,22H,10H2;2-9,11,16H,1H3;1-9,12,16H,10H2;3-6,10,13H,2,7-8H2,1H3;6-9,11,14H,2-5H2,1H3. The molecule has 0 saturated carbocycles. The lowest BCUT2D eigenvalue weighted by Gasteiger charge is -2.17. The highest BCUT2D eigenvalue weighted by molar-refractivity contribution is 5.69. The first-order valence-electron chi connectivity index (χ1n) is 40.1. The Morgan fingerprint density at radius 3 is 0.890 bits per heavy atom. The van der Waals surface area contributed by atoms with Gasteiger partial charge in [-0.3, -0.25) is 4.79 Å². The highest BCUT2D eigenvalue weighted by Gasteiger charge is 2.24. The SMILES string of the molecule is CCCCCC(c1ccc(C#N)cc1)n1ncnn1.CCOC(=O)CCC(c1ccc(C#N)cc1)n1ncnn1.Cc1ccc(C(c2ccc(C#N)cc2)n2ncnn2)cc1.N#Cc1ccc(C(Cc2ccccc2)n2ncnn2)cc1.N#Cc1ccc(C(c2ccc(CO)cc2)n2ncnn2)cc1.N#Cc1ccc(CC(c2ccc(C#N)cc2)n2ncnn2)cc1. The molecule has 6 unspecified atom stereocenters. The molecular weight excluding hydrogens is 1600 g/mol. The van der Waals surface area contributed by atoms with Gasteiger partial charge in [0.15, 0.2) is 38.0 Å². The van der Waals surface area contributed by atoms with Crippen molar-refractivity contribution in [2.24, 2.45) is 0 Å². The van der Waals surface area contributed by atoms with Gasteiger partial charge in [-0.15, -0.1) is 61.2 Å². The Morgan fingerprint density at radius 2 is 0.591 bits per heavy atom.